The standard InChI is InChI=1S/C15H20F2N4/c1-3-5-21-15(19-10-20-21)9-14(18-4-2)11-6-12(16)8-13(17)7-11/h6-8,10,14,18H,3-5,9H2,1-2H3. The second-order valence-corrected chi connectivity index (χ2v) is 4.92. The van der Waals surface area contributed by atoms with Crippen LogP contribution in [0.25, 0.3) is 0 Å². The largest absolute Gasteiger partial charge is 0.310 e. The molecule has 2 rings (SSSR count). The molecule has 1 atom stereocenters. The minimum Gasteiger partial charge on any atom is -0.310 e. The summed E-state index contributed by atoms with van der Waals surface area (Å²) in [5, 5.41) is 7.42. The van der Waals surface area contributed by atoms with E-state index in [0.29, 0.717) is 18.5 Å². The molecule has 0 spiro atoms. The summed E-state index contributed by atoms with van der Waals surface area (Å²) in [6, 6.07) is 3.40. The Morgan fingerprint density at radius 1 is 1.19 bits per heavy atom. The maximum absolute atomic E-state index is 13.4. The van der Waals surface area contributed by atoms with Gasteiger partial charge in [0, 0.05) is 25.1 Å². The van der Waals surface area contributed by atoms with Gasteiger partial charge in [-0.1, -0.05) is 13.8 Å². The van der Waals surface area contributed by atoms with Crippen molar-refractivity contribution in [2.75, 3.05) is 6.54 Å². The molecule has 0 aliphatic carbocycles. The highest BCUT2D eigenvalue weighted by molar-refractivity contribution is 5.22. The van der Waals surface area contributed by atoms with E-state index in [-0.39, 0.29) is 6.04 Å². The minimum atomic E-state index is -0.567. The molecular weight excluding hydrogens is 274 g/mol. The highest BCUT2D eigenvalue weighted by Gasteiger charge is 2.16. The van der Waals surface area contributed by atoms with Gasteiger partial charge < -0.3 is 5.32 Å². The van der Waals surface area contributed by atoms with Crippen LogP contribution in [0.2, 0.25) is 0 Å². The monoisotopic (exact) mass is 294 g/mol. The van der Waals surface area contributed by atoms with Crippen LogP contribution in [-0.2, 0) is 13.0 Å². The first-order chi connectivity index (χ1) is 10.1. The molecule has 2 aromatic rings. The van der Waals surface area contributed by atoms with E-state index in [1.165, 1.54) is 18.5 Å². The number of aromatic nitrogens is 3. The number of hydrogen-bond acceptors (Lipinski definition) is 3. The van der Waals surface area contributed by atoms with E-state index in [1.54, 1.807) is 0 Å². The highest BCUT2D eigenvalue weighted by Crippen LogP contribution is 2.20. The Kier molecular flexibility index (Phi) is 5.38. The molecular formula is C15H20F2N4. The van der Waals surface area contributed by atoms with Crippen LogP contribution in [0.3, 0.4) is 0 Å². The first-order valence-electron chi connectivity index (χ1n) is 7.20. The van der Waals surface area contributed by atoms with Crippen LogP contribution in [0.5, 0.6) is 0 Å². The molecule has 4 nitrogen and oxygen atoms in total. The molecule has 0 aliphatic rings. The zero-order valence-corrected chi connectivity index (χ0v) is 12.3. The predicted molar refractivity (Wildman–Crippen MR) is 76.8 cm³/mol. The van der Waals surface area contributed by atoms with Gasteiger partial charge in [-0.3, -0.25) is 4.68 Å². The van der Waals surface area contributed by atoms with Crippen LogP contribution in [0, 0.1) is 11.6 Å². The van der Waals surface area contributed by atoms with Gasteiger partial charge >= 0.3 is 0 Å². The Bertz CT molecular complexity index is 563. The summed E-state index contributed by atoms with van der Waals surface area (Å²) in [7, 11) is 0. The summed E-state index contributed by atoms with van der Waals surface area (Å²) in [5.41, 5.74) is 0.584. The van der Waals surface area contributed by atoms with Crippen molar-refractivity contribution in [1.82, 2.24) is 20.1 Å². The van der Waals surface area contributed by atoms with Gasteiger partial charge in [-0.25, -0.2) is 13.8 Å². The molecule has 0 aliphatic heterocycles. The first-order valence-corrected chi connectivity index (χ1v) is 7.20. The second kappa shape index (κ2) is 7.26. The molecule has 0 saturated carbocycles. The summed E-state index contributed by atoms with van der Waals surface area (Å²) >= 11 is 0. The minimum absolute atomic E-state index is 0.194. The zero-order valence-electron chi connectivity index (χ0n) is 12.3. The maximum atomic E-state index is 13.4. The summed E-state index contributed by atoms with van der Waals surface area (Å²) in [6.07, 6.45) is 3.01. The molecule has 6 heteroatoms. The summed E-state index contributed by atoms with van der Waals surface area (Å²) in [6.45, 7) is 5.50. The van der Waals surface area contributed by atoms with E-state index in [0.717, 1.165) is 24.9 Å². The quantitative estimate of drug-likeness (QED) is 0.854. The van der Waals surface area contributed by atoms with Crippen molar-refractivity contribution in [2.24, 2.45) is 0 Å². The average Bonchev–Trinajstić information content (AvgIpc) is 2.85. The molecule has 0 saturated heterocycles. The van der Waals surface area contributed by atoms with Crippen LogP contribution in [0.15, 0.2) is 24.5 Å². The lowest BCUT2D eigenvalue weighted by Crippen LogP contribution is -2.25. The number of rotatable bonds is 7. The van der Waals surface area contributed by atoms with Gasteiger partial charge in [0.15, 0.2) is 0 Å². The van der Waals surface area contributed by atoms with E-state index in [2.05, 4.69) is 22.3 Å². The van der Waals surface area contributed by atoms with E-state index in [1.807, 2.05) is 11.6 Å². The Labute approximate surface area is 123 Å². The molecule has 1 unspecified atom stereocenters. The molecule has 1 aromatic carbocycles. The first kappa shape index (κ1) is 15.6. The maximum Gasteiger partial charge on any atom is 0.138 e. The number of nitrogens with one attached hydrogen (secondary N) is 1. The molecule has 0 bridgehead atoms. The lowest BCUT2D eigenvalue weighted by molar-refractivity contribution is 0.491. The molecule has 21 heavy (non-hydrogen) atoms. The smallest absolute Gasteiger partial charge is 0.138 e. The molecule has 1 aromatic heterocycles. The Hall–Kier alpha value is -1.82. The number of halogens is 2. The summed E-state index contributed by atoms with van der Waals surface area (Å²) in [5.74, 6) is -0.321. The van der Waals surface area contributed by atoms with Gasteiger partial charge in [-0.2, -0.15) is 5.10 Å². The SMILES string of the molecule is CCCn1ncnc1CC(NCC)c1cc(F)cc(F)c1. The lowest BCUT2D eigenvalue weighted by Gasteiger charge is -2.18. The fourth-order valence-electron chi connectivity index (χ4n) is 2.36. The van der Waals surface area contributed by atoms with Crippen LogP contribution < -0.4 is 5.32 Å². The summed E-state index contributed by atoms with van der Waals surface area (Å²) < 4.78 is 28.6. The molecule has 1 N–H and O–H groups in total. The number of hydrogen-bond donors (Lipinski definition) is 1. The van der Waals surface area contributed by atoms with Crippen molar-refractivity contribution in [2.45, 2.75) is 39.3 Å². The average molecular weight is 294 g/mol. The molecule has 0 fully saturated rings. The van der Waals surface area contributed by atoms with Crippen molar-refractivity contribution in [3.8, 4) is 0 Å². The molecule has 1 heterocycles. The Morgan fingerprint density at radius 3 is 2.52 bits per heavy atom. The number of nitrogens with zero attached hydrogens (tertiary/aromatic N) is 3. The van der Waals surface area contributed by atoms with Gasteiger partial charge in [0.25, 0.3) is 0 Å². The second-order valence-electron chi connectivity index (χ2n) is 4.92. The lowest BCUT2D eigenvalue weighted by atomic mass is 10.0. The van der Waals surface area contributed by atoms with Gasteiger partial charge in [0.05, 0.1) is 0 Å². The third-order valence-corrected chi connectivity index (χ3v) is 3.26. The fourth-order valence-corrected chi connectivity index (χ4v) is 2.36. The molecule has 0 amide bonds. The fraction of sp³-hybridized carbons (Fsp3) is 0.467. The van der Waals surface area contributed by atoms with Gasteiger partial charge in [0.1, 0.15) is 23.8 Å². The number of benzene rings is 1. The number of aryl methyl sites for hydroxylation is 1. The Balaban J connectivity index is 2.24. The topological polar surface area (TPSA) is 42.7 Å². The van der Waals surface area contributed by atoms with Crippen LogP contribution in [0.1, 0.15) is 37.7 Å². The van der Waals surface area contributed by atoms with E-state index < -0.39 is 11.6 Å². The van der Waals surface area contributed by atoms with Crippen LogP contribution in [-0.4, -0.2) is 21.3 Å². The van der Waals surface area contributed by atoms with Crippen molar-refractivity contribution in [3.63, 3.8) is 0 Å². The van der Waals surface area contributed by atoms with Crippen molar-refractivity contribution < 1.29 is 8.78 Å². The molecule has 0 radical (unpaired) electrons. The normalized spacial score (nSPS) is 12.6. The third-order valence-electron chi connectivity index (χ3n) is 3.26. The third kappa shape index (κ3) is 4.07. The van der Waals surface area contributed by atoms with E-state index in [4.69, 9.17) is 0 Å². The Morgan fingerprint density at radius 2 is 1.90 bits per heavy atom. The zero-order chi connectivity index (χ0) is 15.2. The number of likely N-dealkylation sites (N-methyl/N-ethyl adjacent to an activating group) is 1. The molecule has 114 valence electrons. The van der Waals surface area contributed by atoms with E-state index in [9.17, 15) is 8.78 Å². The van der Waals surface area contributed by atoms with Crippen LogP contribution in [0.4, 0.5) is 8.78 Å². The highest BCUT2D eigenvalue weighted by atomic mass is 19.1. The van der Waals surface area contributed by atoms with Crippen molar-refractivity contribution >= 4 is 0 Å². The van der Waals surface area contributed by atoms with Crippen molar-refractivity contribution in [1.29, 1.82) is 0 Å². The predicted octanol–water partition coefficient (Wildman–Crippen LogP) is 2.86. The van der Waals surface area contributed by atoms with Crippen LogP contribution >= 0.6 is 0 Å². The van der Waals surface area contributed by atoms with E-state index >= 15 is 0 Å². The van der Waals surface area contributed by atoms with Gasteiger partial charge in [-0.15, -0.1) is 0 Å². The van der Waals surface area contributed by atoms with Crippen molar-refractivity contribution in [3.05, 3.63) is 47.5 Å². The van der Waals surface area contributed by atoms with Gasteiger partial charge in [-0.05, 0) is 30.7 Å². The van der Waals surface area contributed by atoms with Gasteiger partial charge in [0.2, 0.25) is 0 Å². The summed E-state index contributed by atoms with van der Waals surface area (Å²) in [4.78, 5) is 4.25.